The molecule has 13 heteroatoms. The van der Waals surface area contributed by atoms with E-state index in [2.05, 4.69) is 36.5 Å². The Morgan fingerprint density at radius 1 is 1.05 bits per heavy atom. The lowest BCUT2D eigenvalue weighted by Gasteiger charge is -2.32. The number of anilines is 2. The average Bonchev–Trinajstić information content (AvgIpc) is 3.93. The molecule has 11 nitrogen and oxygen atoms in total. The van der Waals surface area contributed by atoms with Gasteiger partial charge in [0.15, 0.2) is 13.9 Å². The molecule has 2 aliphatic rings. The molecule has 288 valence electrons. The monoisotopic (exact) mass is 832 g/mol. The molecule has 5 atom stereocenters. The zero-order valence-corrected chi connectivity index (χ0v) is 34.1. The van der Waals surface area contributed by atoms with Crippen LogP contribution in [0.25, 0.3) is 10.9 Å². The van der Waals surface area contributed by atoms with Crippen molar-refractivity contribution in [2.24, 2.45) is 5.92 Å². The quantitative estimate of drug-likeness (QED) is 0.0951. The van der Waals surface area contributed by atoms with Gasteiger partial charge in [0.05, 0.1) is 43.0 Å². The van der Waals surface area contributed by atoms with E-state index in [9.17, 15) is 19.5 Å². The van der Waals surface area contributed by atoms with Crippen LogP contribution in [-0.2, 0) is 39.4 Å². The van der Waals surface area contributed by atoms with Gasteiger partial charge in [-0.05, 0) is 72.6 Å². The molecule has 1 fully saturated rings. The van der Waals surface area contributed by atoms with Crippen molar-refractivity contribution in [3.05, 3.63) is 142 Å². The standard InChI is InChI=1S/C43H45BrN6O5Si/c1-27-41(56(2,3)54)39(18-19-49-25-37(47-48-49)34(26-51)29-11-5-4-6-12-29)55-43(27)35-22-31(44)16-17-38(35)50(42(43)53)24-28-10-9-13-32(20-28)46-40(52)21-30-23-45-36-15-8-7-14-33(30)36/h4-17,20,22-23,25,27,34,39,41,45,51,54H,18-19,21,24,26H2,1-3H3,(H,46,52)/t27-,34?,39+,41-,43+/m1/s1. The highest BCUT2D eigenvalue weighted by Crippen LogP contribution is 2.60. The summed E-state index contributed by atoms with van der Waals surface area (Å²) in [6, 6.07) is 31.1. The summed E-state index contributed by atoms with van der Waals surface area (Å²) in [7, 11) is -2.90. The lowest BCUT2D eigenvalue weighted by Crippen LogP contribution is -2.46. The van der Waals surface area contributed by atoms with Crippen molar-refractivity contribution in [3.63, 3.8) is 0 Å². The predicted octanol–water partition coefficient (Wildman–Crippen LogP) is 7.26. The first-order valence-electron chi connectivity index (χ1n) is 19.0. The molecule has 56 heavy (non-hydrogen) atoms. The number of hydrogen-bond donors (Lipinski definition) is 4. The molecule has 4 heterocycles. The number of aliphatic hydroxyl groups excluding tert-OH is 1. The van der Waals surface area contributed by atoms with Crippen molar-refractivity contribution in [2.75, 3.05) is 16.8 Å². The fourth-order valence-electron chi connectivity index (χ4n) is 8.96. The van der Waals surface area contributed by atoms with Crippen molar-refractivity contribution in [3.8, 4) is 0 Å². The summed E-state index contributed by atoms with van der Waals surface area (Å²) in [6.45, 7) is 6.49. The number of hydrogen-bond acceptors (Lipinski definition) is 7. The first-order chi connectivity index (χ1) is 27.0. The summed E-state index contributed by atoms with van der Waals surface area (Å²) in [5.74, 6) is -0.935. The van der Waals surface area contributed by atoms with Crippen LogP contribution < -0.4 is 10.2 Å². The molecule has 6 aromatic rings. The largest absolute Gasteiger partial charge is 0.432 e. The van der Waals surface area contributed by atoms with E-state index < -0.39 is 20.0 Å². The minimum atomic E-state index is -2.90. The number of ether oxygens (including phenoxy) is 1. The van der Waals surface area contributed by atoms with Gasteiger partial charge in [0, 0.05) is 57.0 Å². The van der Waals surface area contributed by atoms with E-state index in [1.807, 2.05) is 129 Å². The van der Waals surface area contributed by atoms with E-state index in [-0.39, 0.29) is 48.8 Å². The molecule has 2 amide bonds. The minimum absolute atomic E-state index is 0.0980. The van der Waals surface area contributed by atoms with Gasteiger partial charge in [0.2, 0.25) is 5.91 Å². The van der Waals surface area contributed by atoms with E-state index in [1.165, 1.54) is 0 Å². The molecule has 2 aliphatic heterocycles. The topological polar surface area (TPSA) is 146 Å². The summed E-state index contributed by atoms with van der Waals surface area (Å²) in [5, 5.41) is 23.0. The van der Waals surface area contributed by atoms with Crippen LogP contribution in [0.2, 0.25) is 18.6 Å². The van der Waals surface area contributed by atoms with E-state index in [1.54, 1.807) is 9.58 Å². The molecular weight excluding hydrogens is 788 g/mol. The van der Waals surface area contributed by atoms with E-state index >= 15 is 0 Å². The van der Waals surface area contributed by atoms with Crippen LogP contribution in [0.15, 0.2) is 114 Å². The zero-order valence-electron chi connectivity index (χ0n) is 31.5. The first kappa shape index (κ1) is 38.0. The second-order valence-corrected chi connectivity index (χ2v) is 20.4. The van der Waals surface area contributed by atoms with Gasteiger partial charge in [-0.25, -0.2) is 0 Å². The van der Waals surface area contributed by atoms with Gasteiger partial charge in [-0.2, -0.15) is 0 Å². The number of H-pyrrole nitrogens is 1. The Balaban J connectivity index is 1.03. The van der Waals surface area contributed by atoms with Gasteiger partial charge in [-0.15, -0.1) is 5.10 Å². The van der Waals surface area contributed by atoms with E-state index in [4.69, 9.17) is 4.74 Å². The van der Waals surface area contributed by atoms with Gasteiger partial charge in [0.1, 0.15) is 0 Å². The number of para-hydroxylation sites is 1. The number of nitrogens with one attached hydrogen (secondary N) is 2. The number of benzene rings is 4. The fourth-order valence-corrected chi connectivity index (χ4v) is 11.9. The van der Waals surface area contributed by atoms with Crippen molar-refractivity contribution >= 4 is 58.3 Å². The summed E-state index contributed by atoms with van der Waals surface area (Å²) in [4.78, 5) is 45.0. The Kier molecular flexibility index (Phi) is 10.3. The van der Waals surface area contributed by atoms with Crippen LogP contribution in [0.3, 0.4) is 0 Å². The lowest BCUT2D eigenvalue weighted by atomic mass is 9.82. The van der Waals surface area contributed by atoms with Crippen molar-refractivity contribution < 1.29 is 24.2 Å². The maximum Gasteiger partial charge on any atom is 0.264 e. The lowest BCUT2D eigenvalue weighted by molar-refractivity contribution is -0.146. The maximum absolute atomic E-state index is 15.0. The highest BCUT2D eigenvalue weighted by molar-refractivity contribution is 9.10. The van der Waals surface area contributed by atoms with E-state index in [0.717, 1.165) is 43.3 Å². The summed E-state index contributed by atoms with van der Waals surface area (Å²) >= 11 is 3.65. The highest BCUT2D eigenvalue weighted by Gasteiger charge is 2.66. The smallest absolute Gasteiger partial charge is 0.264 e. The maximum atomic E-state index is 15.0. The van der Waals surface area contributed by atoms with Crippen molar-refractivity contribution in [1.82, 2.24) is 20.0 Å². The first-order valence-corrected chi connectivity index (χ1v) is 22.8. The normalized spacial score (nSPS) is 21.2. The molecule has 4 N–H and O–H groups in total. The molecule has 1 spiro atoms. The molecule has 1 saturated heterocycles. The average molecular weight is 834 g/mol. The number of carbonyl (C=O) groups excluding carboxylic acids is 2. The van der Waals surface area contributed by atoms with Gasteiger partial charge in [0.25, 0.3) is 5.91 Å². The molecule has 4 aromatic carbocycles. The number of aromatic amines is 1. The highest BCUT2D eigenvalue weighted by atomic mass is 79.9. The van der Waals surface area contributed by atoms with Gasteiger partial charge in [-0.1, -0.05) is 88.7 Å². The summed E-state index contributed by atoms with van der Waals surface area (Å²) < 4.78 is 9.63. The zero-order chi connectivity index (χ0) is 39.2. The second-order valence-electron chi connectivity index (χ2n) is 15.5. The van der Waals surface area contributed by atoms with Crippen LogP contribution in [-0.4, -0.2) is 62.7 Å². The van der Waals surface area contributed by atoms with Gasteiger partial charge >= 0.3 is 0 Å². The van der Waals surface area contributed by atoms with Crippen LogP contribution in [0, 0.1) is 5.92 Å². The molecule has 1 unspecified atom stereocenters. The molecule has 0 aliphatic carbocycles. The second kappa shape index (κ2) is 15.2. The van der Waals surface area contributed by atoms with Crippen LogP contribution >= 0.6 is 15.9 Å². The van der Waals surface area contributed by atoms with Crippen LogP contribution in [0.4, 0.5) is 11.4 Å². The Hall–Kier alpha value is -4.92. The van der Waals surface area contributed by atoms with Crippen LogP contribution in [0.5, 0.6) is 0 Å². The van der Waals surface area contributed by atoms with Crippen molar-refractivity contribution in [2.45, 2.75) is 69.1 Å². The Morgan fingerprint density at radius 3 is 2.62 bits per heavy atom. The number of rotatable bonds is 12. The molecule has 2 aromatic heterocycles. The summed E-state index contributed by atoms with van der Waals surface area (Å²) in [6.07, 6.45) is 4.02. The number of nitrogens with zero attached hydrogens (tertiary/aromatic N) is 4. The summed E-state index contributed by atoms with van der Waals surface area (Å²) in [5.41, 5.74) is 4.99. The minimum Gasteiger partial charge on any atom is -0.432 e. The fraction of sp³-hybridized carbons (Fsp3) is 0.302. The molecule has 0 radical (unpaired) electrons. The van der Waals surface area contributed by atoms with Crippen molar-refractivity contribution in [1.29, 1.82) is 0 Å². The number of carbonyl (C=O) groups is 2. The Labute approximate surface area is 335 Å². The Morgan fingerprint density at radius 2 is 1.84 bits per heavy atom. The third kappa shape index (κ3) is 7.02. The number of aryl methyl sites for hydroxylation is 1. The predicted molar refractivity (Wildman–Crippen MR) is 222 cm³/mol. The molecule has 0 saturated carbocycles. The van der Waals surface area contributed by atoms with Crippen LogP contribution in [0.1, 0.15) is 47.2 Å². The number of fused-ring (bicyclic) bond motifs is 3. The third-order valence-electron chi connectivity index (χ3n) is 11.5. The number of amides is 2. The molecule has 8 rings (SSSR count). The van der Waals surface area contributed by atoms with Gasteiger partial charge < -0.3 is 29.8 Å². The SMILES string of the molecule is C[C@@H]1[C@@H]([Si](C)(C)O)[C@H](CCn2cc(C(CO)c3ccccc3)nn2)O[C@@]12C(=O)N(Cc1cccc(NC(=O)Cc3c[nH]c4ccccc34)c1)c1ccc(Br)cc12. The number of halogens is 1. The Bertz CT molecular complexity index is 2400. The molecular formula is C43H45BrN6O5Si. The number of aromatic nitrogens is 4. The molecule has 0 bridgehead atoms. The van der Waals surface area contributed by atoms with E-state index in [0.29, 0.717) is 24.3 Å². The third-order valence-corrected chi connectivity index (χ3v) is 14.5. The number of aliphatic hydroxyl groups is 1. The van der Waals surface area contributed by atoms with Gasteiger partial charge in [-0.3, -0.25) is 14.3 Å².